The molecular weight excluding hydrogens is 406 g/mol. The molecule has 7 heteroatoms. The van der Waals surface area contributed by atoms with Crippen LogP contribution in [-0.4, -0.2) is 34.8 Å². The predicted octanol–water partition coefficient (Wildman–Crippen LogP) is 3.86. The summed E-state index contributed by atoms with van der Waals surface area (Å²) in [5, 5.41) is 15.1. The van der Waals surface area contributed by atoms with Crippen LogP contribution in [0, 0.1) is 11.1 Å². The van der Waals surface area contributed by atoms with Gasteiger partial charge in [0.2, 0.25) is 11.0 Å². The third-order valence-electron chi connectivity index (χ3n) is 5.99. The average molecular weight is 427 g/mol. The minimum atomic E-state index is -0.241. The summed E-state index contributed by atoms with van der Waals surface area (Å²) in [5.41, 5.74) is 3.85. The van der Waals surface area contributed by atoms with Gasteiger partial charge >= 0.3 is 0 Å². The maximum atomic E-state index is 13.1. The lowest BCUT2D eigenvalue weighted by molar-refractivity contribution is -0.782. The van der Waals surface area contributed by atoms with Gasteiger partial charge in [0, 0.05) is 41.4 Å². The minimum absolute atomic E-state index is 0.0569. The molecule has 1 atom stereocenters. The Morgan fingerprint density at radius 2 is 1.69 bits per heavy atom. The standard InChI is InChI=1S/C25H21N3O4/c29-24(19-10-8-18(9-11-19)17-5-2-1-3-6-17)21-7-4-14-27(16-21)25(30)20-12-13-23-22(15-20)26-32-28(23)31/h1-3,5-6,8-13,15,21H,4,7,14,16H2. The second kappa shape index (κ2) is 8.26. The van der Waals surface area contributed by atoms with Crippen molar-refractivity contribution >= 4 is 22.7 Å². The van der Waals surface area contributed by atoms with Crippen LogP contribution in [-0.2, 0) is 0 Å². The Labute approximate surface area is 184 Å². The van der Waals surface area contributed by atoms with Crippen molar-refractivity contribution in [2.45, 2.75) is 12.8 Å². The molecule has 4 aromatic rings. The first-order valence-electron chi connectivity index (χ1n) is 10.6. The maximum absolute atomic E-state index is 13.1. The lowest BCUT2D eigenvalue weighted by Crippen LogP contribution is -2.42. The molecule has 0 bridgehead atoms. The first kappa shape index (κ1) is 19.9. The lowest BCUT2D eigenvalue weighted by Gasteiger charge is -2.32. The number of fused-ring (bicyclic) bond motifs is 1. The van der Waals surface area contributed by atoms with E-state index in [2.05, 4.69) is 9.79 Å². The van der Waals surface area contributed by atoms with E-state index in [1.54, 1.807) is 17.0 Å². The van der Waals surface area contributed by atoms with E-state index in [4.69, 9.17) is 0 Å². The third-order valence-corrected chi connectivity index (χ3v) is 5.99. The molecule has 0 spiro atoms. The molecule has 32 heavy (non-hydrogen) atoms. The smallest absolute Gasteiger partial charge is 0.254 e. The molecule has 3 aromatic carbocycles. The van der Waals surface area contributed by atoms with E-state index in [0.717, 1.165) is 24.0 Å². The van der Waals surface area contributed by atoms with Crippen LogP contribution in [0.15, 0.2) is 77.4 Å². The van der Waals surface area contributed by atoms with Gasteiger partial charge in [0.05, 0.1) is 0 Å². The number of hydrogen-bond donors (Lipinski definition) is 0. The van der Waals surface area contributed by atoms with Crippen LogP contribution in [0.2, 0.25) is 0 Å². The fourth-order valence-corrected chi connectivity index (χ4v) is 4.26. The molecule has 0 N–H and O–H groups in total. The average Bonchev–Trinajstić information content (AvgIpc) is 3.24. The summed E-state index contributed by atoms with van der Waals surface area (Å²) in [7, 11) is 0. The number of amides is 1. The Bertz CT molecular complexity index is 1280. The highest BCUT2D eigenvalue weighted by molar-refractivity contribution is 6.00. The summed E-state index contributed by atoms with van der Waals surface area (Å²) < 4.78 is 4.57. The molecule has 160 valence electrons. The number of piperidine rings is 1. The lowest BCUT2D eigenvalue weighted by atomic mass is 9.89. The van der Waals surface area contributed by atoms with Crippen molar-refractivity contribution in [3.63, 3.8) is 0 Å². The monoisotopic (exact) mass is 427 g/mol. The largest absolute Gasteiger partial charge is 0.359 e. The van der Waals surface area contributed by atoms with Gasteiger partial charge in [0.25, 0.3) is 5.91 Å². The number of likely N-dealkylation sites (tertiary alicyclic amines) is 1. The Hall–Kier alpha value is -4.00. The zero-order valence-electron chi connectivity index (χ0n) is 17.3. The van der Waals surface area contributed by atoms with Crippen molar-refractivity contribution in [3.8, 4) is 11.1 Å². The van der Waals surface area contributed by atoms with E-state index in [-0.39, 0.29) is 23.1 Å². The summed E-state index contributed by atoms with van der Waals surface area (Å²) in [6.45, 7) is 0.963. The molecular formula is C25H21N3O4. The highest BCUT2D eigenvalue weighted by atomic mass is 16.8. The number of ketones is 1. The van der Waals surface area contributed by atoms with Gasteiger partial charge in [-0.1, -0.05) is 54.6 Å². The second-order valence-corrected chi connectivity index (χ2v) is 8.03. The fourth-order valence-electron chi connectivity index (χ4n) is 4.26. The van der Waals surface area contributed by atoms with E-state index in [0.29, 0.717) is 34.6 Å². The maximum Gasteiger partial charge on any atom is 0.254 e. The number of rotatable bonds is 4. The van der Waals surface area contributed by atoms with Crippen LogP contribution >= 0.6 is 0 Å². The van der Waals surface area contributed by atoms with E-state index in [9.17, 15) is 14.8 Å². The van der Waals surface area contributed by atoms with Crippen molar-refractivity contribution in [1.29, 1.82) is 0 Å². The molecule has 5 rings (SSSR count). The zero-order valence-corrected chi connectivity index (χ0v) is 17.3. The second-order valence-electron chi connectivity index (χ2n) is 8.03. The zero-order chi connectivity index (χ0) is 22.1. The summed E-state index contributed by atoms with van der Waals surface area (Å²) in [6, 6.07) is 22.3. The predicted molar refractivity (Wildman–Crippen MR) is 118 cm³/mol. The highest BCUT2D eigenvalue weighted by Gasteiger charge is 2.30. The summed E-state index contributed by atoms with van der Waals surface area (Å²) >= 11 is 0. The van der Waals surface area contributed by atoms with E-state index in [1.165, 1.54) is 6.07 Å². The van der Waals surface area contributed by atoms with Crippen LogP contribution in [0.5, 0.6) is 0 Å². The van der Waals surface area contributed by atoms with Gasteiger partial charge in [0.1, 0.15) is 0 Å². The molecule has 0 saturated carbocycles. The van der Waals surface area contributed by atoms with Crippen molar-refractivity contribution in [1.82, 2.24) is 10.1 Å². The first-order valence-corrected chi connectivity index (χ1v) is 10.6. The quantitative estimate of drug-likeness (QED) is 0.364. The van der Waals surface area contributed by atoms with E-state index in [1.807, 2.05) is 54.6 Å². The third kappa shape index (κ3) is 3.73. The molecule has 1 aliphatic heterocycles. The fraction of sp³-hybridized carbons (Fsp3) is 0.200. The van der Waals surface area contributed by atoms with Crippen LogP contribution in [0.4, 0.5) is 0 Å². The number of nitrogens with zero attached hydrogens (tertiary/aromatic N) is 3. The van der Waals surface area contributed by atoms with Crippen LogP contribution < -0.4 is 4.90 Å². The van der Waals surface area contributed by atoms with Crippen LogP contribution in [0.1, 0.15) is 33.6 Å². The number of Topliss-reactive ketones (excluding diaryl/α,β-unsaturated/α-hetero) is 1. The molecule has 1 saturated heterocycles. The van der Waals surface area contributed by atoms with Gasteiger partial charge in [-0.15, -0.1) is 0 Å². The number of carbonyl (C=O) groups excluding carboxylic acids is 2. The van der Waals surface area contributed by atoms with Gasteiger partial charge in [-0.05, 0) is 41.0 Å². The molecule has 1 amide bonds. The first-order chi connectivity index (χ1) is 15.6. The van der Waals surface area contributed by atoms with Gasteiger partial charge in [0.15, 0.2) is 5.78 Å². The van der Waals surface area contributed by atoms with E-state index >= 15 is 0 Å². The molecule has 0 aliphatic carbocycles. The Morgan fingerprint density at radius 3 is 2.47 bits per heavy atom. The van der Waals surface area contributed by atoms with Gasteiger partial charge in [-0.25, -0.2) is 0 Å². The molecule has 7 nitrogen and oxygen atoms in total. The van der Waals surface area contributed by atoms with Gasteiger partial charge < -0.3 is 10.1 Å². The van der Waals surface area contributed by atoms with E-state index < -0.39 is 0 Å². The minimum Gasteiger partial charge on any atom is -0.359 e. The Kier molecular flexibility index (Phi) is 5.15. The topological polar surface area (TPSA) is 90.4 Å². The van der Waals surface area contributed by atoms with Crippen LogP contribution in [0.3, 0.4) is 0 Å². The van der Waals surface area contributed by atoms with Crippen molar-refractivity contribution in [2.24, 2.45) is 5.92 Å². The van der Waals surface area contributed by atoms with Gasteiger partial charge in [-0.3, -0.25) is 14.2 Å². The molecule has 2 heterocycles. The SMILES string of the molecule is O=C(c1ccc(-c2ccccc2)cc1)C1CCCN(C(=O)c2ccc3c(c2)no[n+]3[O-])C1. The molecule has 1 unspecified atom stereocenters. The van der Waals surface area contributed by atoms with Crippen LogP contribution in [0.25, 0.3) is 22.2 Å². The van der Waals surface area contributed by atoms with Crippen molar-refractivity contribution in [2.75, 3.05) is 13.1 Å². The molecule has 1 fully saturated rings. The number of carbonyl (C=O) groups is 2. The molecule has 1 aliphatic rings. The highest BCUT2D eigenvalue weighted by Crippen LogP contribution is 2.25. The van der Waals surface area contributed by atoms with Crippen molar-refractivity contribution in [3.05, 3.63) is 89.1 Å². The molecule has 0 radical (unpaired) electrons. The van der Waals surface area contributed by atoms with Crippen molar-refractivity contribution < 1.29 is 19.1 Å². The Balaban J connectivity index is 1.30. The number of hydrogen-bond acceptors (Lipinski definition) is 5. The summed E-state index contributed by atoms with van der Waals surface area (Å²) in [5.74, 6) is -0.361. The van der Waals surface area contributed by atoms with Gasteiger partial charge in [-0.2, -0.15) is 0 Å². The molecule has 1 aromatic heterocycles. The number of aromatic nitrogens is 2. The summed E-state index contributed by atoms with van der Waals surface area (Å²) in [4.78, 5) is 28.2. The summed E-state index contributed by atoms with van der Waals surface area (Å²) in [6.07, 6.45) is 1.51. The normalized spacial score (nSPS) is 16.2. The Morgan fingerprint density at radius 1 is 0.969 bits per heavy atom. The number of benzene rings is 3.